The van der Waals surface area contributed by atoms with Crippen molar-refractivity contribution in [3.8, 4) is 0 Å². The highest BCUT2D eigenvalue weighted by Crippen LogP contribution is 2.17. The summed E-state index contributed by atoms with van der Waals surface area (Å²) in [5.74, 6) is -0.305. The van der Waals surface area contributed by atoms with Crippen LogP contribution >= 0.6 is 0 Å². The number of likely N-dealkylation sites (tertiary alicyclic amines) is 1. The van der Waals surface area contributed by atoms with Gasteiger partial charge in [-0.3, -0.25) is 4.79 Å². The molecule has 5 heteroatoms. The molecule has 0 aromatic carbocycles. The van der Waals surface area contributed by atoms with E-state index in [9.17, 15) is 9.59 Å². The van der Waals surface area contributed by atoms with Crippen LogP contribution in [0.3, 0.4) is 0 Å². The Balaban J connectivity index is 2.49. The molecule has 17 heavy (non-hydrogen) atoms. The van der Waals surface area contributed by atoms with Gasteiger partial charge in [0, 0.05) is 13.5 Å². The zero-order chi connectivity index (χ0) is 13.1. The number of ether oxygens (including phenoxy) is 2. The third-order valence-corrected chi connectivity index (χ3v) is 2.36. The molecule has 1 rings (SSSR count). The molecular formula is C12H21NO4. The smallest absolute Gasteiger partial charge is 0.410 e. The molecule has 98 valence electrons. The SMILES string of the molecule is CC(=O)OC1CCCN(C(=O)OC(C)(C)C)C1. The van der Waals surface area contributed by atoms with Gasteiger partial charge in [0.25, 0.3) is 0 Å². The maximum absolute atomic E-state index is 11.8. The summed E-state index contributed by atoms with van der Waals surface area (Å²) < 4.78 is 10.4. The number of amides is 1. The average molecular weight is 243 g/mol. The lowest BCUT2D eigenvalue weighted by Crippen LogP contribution is -2.45. The van der Waals surface area contributed by atoms with E-state index in [0.717, 1.165) is 12.8 Å². The second-order valence-electron chi connectivity index (χ2n) is 5.30. The maximum Gasteiger partial charge on any atom is 0.410 e. The van der Waals surface area contributed by atoms with Crippen molar-refractivity contribution in [3.63, 3.8) is 0 Å². The van der Waals surface area contributed by atoms with Crippen LogP contribution in [0.2, 0.25) is 0 Å². The molecule has 0 N–H and O–H groups in total. The molecule has 1 fully saturated rings. The first-order valence-electron chi connectivity index (χ1n) is 5.93. The lowest BCUT2D eigenvalue weighted by atomic mass is 10.1. The molecule has 0 aromatic heterocycles. The molecule has 0 bridgehead atoms. The molecule has 1 amide bonds. The van der Waals surface area contributed by atoms with Gasteiger partial charge in [-0.05, 0) is 33.6 Å². The molecule has 0 radical (unpaired) electrons. The Labute approximate surface area is 102 Å². The van der Waals surface area contributed by atoms with Gasteiger partial charge >= 0.3 is 12.1 Å². The Kier molecular flexibility index (Phi) is 4.37. The fraction of sp³-hybridized carbons (Fsp3) is 0.833. The first-order chi connectivity index (χ1) is 7.78. The van der Waals surface area contributed by atoms with E-state index in [-0.39, 0.29) is 18.2 Å². The van der Waals surface area contributed by atoms with Crippen LogP contribution in [-0.4, -0.2) is 41.8 Å². The van der Waals surface area contributed by atoms with Crippen molar-refractivity contribution in [3.05, 3.63) is 0 Å². The van der Waals surface area contributed by atoms with Crippen molar-refractivity contribution in [1.29, 1.82) is 0 Å². The molecule has 1 unspecified atom stereocenters. The lowest BCUT2D eigenvalue weighted by molar-refractivity contribution is -0.148. The third-order valence-electron chi connectivity index (χ3n) is 2.36. The van der Waals surface area contributed by atoms with E-state index in [1.165, 1.54) is 6.92 Å². The van der Waals surface area contributed by atoms with Crippen LogP contribution in [0.1, 0.15) is 40.5 Å². The maximum atomic E-state index is 11.8. The van der Waals surface area contributed by atoms with Crippen LogP contribution in [0, 0.1) is 0 Å². The zero-order valence-electron chi connectivity index (χ0n) is 11.0. The van der Waals surface area contributed by atoms with Crippen LogP contribution in [0.15, 0.2) is 0 Å². The van der Waals surface area contributed by atoms with E-state index < -0.39 is 5.60 Å². The molecule has 0 aromatic rings. The van der Waals surface area contributed by atoms with Gasteiger partial charge in [-0.25, -0.2) is 4.79 Å². The highest BCUT2D eigenvalue weighted by atomic mass is 16.6. The summed E-state index contributed by atoms with van der Waals surface area (Å²) in [7, 11) is 0. The van der Waals surface area contributed by atoms with Crippen molar-refractivity contribution in [1.82, 2.24) is 4.90 Å². The summed E-state index contributed by atoms with van der Waals surface area (Å²) in [6, 6.07) is 0. The minimum Gasteiger partial charge on any atom is -0.461 e. The van der Waals surface area contributed by atoms with Crippen molar-refractivity contribution in [2.75, 3.05) is 13.1 Å². The van der Waals surface area contributed by atoms with Gasteiger partial charge in [-0.1, -0.05) is 0 Å². The van der Waals surface area contributed by atoms with Gasteiger partial charge < -0.3 is 14.4 Å². The van der Waals surface area contributed by atoms with Crippen molar-refractivity contribution < 1.29 is 19.1 Å². The molecule has 1 aliphatic rings. The molecule has 1 aliphatic heterocycles. The molecule has 0 spiro atoms. The largest absolute Gasteiger partial charge is 0.461 e. The molecule has 1 atom stereocenters. The Hall–Kier alpha value is -1.26. The van der Waals surface area contributed by atoms with E-state index in [2.05, 4.69) is 0 Å². The fourth-order valence-corrected chi connectivity index (χ4v) is 1.76. The van der Waals surface area contributed by atoms with E-state index >= 15 is 0 Å². The molecule has 1 saturated heterocycles. The standard InChI is InChI=1S/C12H21NO4/c1-9(14)16-10-6-5-7-13(8-10)11(15)17-12(2,3)4/h10H,5-8H2,1-4H3. The van der Waals surface area contributed by atoms with Gasteiger partial charge in [0.1, 0.15) is 11.7 Å². The monoisotopic (exact) mass is 243 g/mol. The quantitative estimate of drug-likeness (QED) is 0.660. The number of hydrogen-bond acceptors (Lipinski definition) is 4. The molecule has 0 saturated carbocycles. The Morgan fingerprint density at radius 2 is 1.94 bits per heavy atom. The molecular weight excluding hydrogens is 222 g/mol. The van der Waals surface area contributed by atoms with Gasteiger partial charge in [-0.15, -0.1) is 0 Å². The van der Waals surface area contributed by atoms with E-state index in [4.69, 9.17) is 9.47 Å². The normalized spacial score (nSPS) is 20.9. The number of hydrogen-bond donors (Lipinski definition) is 0. The van der Waals surface area contributed by atoms with Crippen molar-refractivity contribution in [2.45, 2.75) is 52.2 Å². The van der Waals surface area contributed by atoms with Gasteiger partial charge in [0.05, 0.1) is 6.54 Å². The zero-order valence-corrected chi connectivity index (χ0v) is 11.0. The summed E-state index contributed by atoms with van der Waals surface area (Å²) in [4.78, 5) is 24.3. The van der Waals surface area contributed by atoms with Gasteiger partial charge in [0.15, 0.2) is 0 Å². The summed E-state index contributed by atoms with van der Waals surface area (Å²) in [5.41, 5.74) is -0.495. The number of rotatable bonds is 1. The second kappa shape index (κ2) is 5.38. The summed E-state index contributed by atoms with van der Waals surface area (Å²) in [6.45, 7) is 7.96. The minimum absolute atomic E-state index is 0.200. The summed E-state index contributed by atoms with van der Waals surface area (Å²) in [6.07, 6.45) is 1.10. The highest BCUT2D eigenvalue weighted by Gasteiger charge is 2.28. The summed E-state index contributed by atoms with van der Waals surface area (Å²) >= 11 is 0. The van der Waals surface area contributed by atoms with Crippen LogP contribution in [0.4, 0.5) is 4.79 Å². The lowest BCUT2D eigenvalue weighted by Gasteiger charge is -2.33. The second-order valence-corrected chi connectivity index (χ2v) is 5.30. The molecule has 0 aliphatic carbocycles. The Morgan fingerprint density at radius 3 is 2.47 bits per heavy atom. The third kappa shape index (κ3) is 5.06. The first-order valence-corrected chi connectivity index (χ1v) is 5.93. The number of carbonyl (C=O) groups is 2. The van der Waals surface area contributed by atoms with Gasteiger partial charge in [-0.2, -0.15) is 0 Å². The number of carbonyl (C=O) groups excluding carboxylic acids is 2. The Bertz CT molecular complexity index is 295. The van der Waals surface area contributed by atoms with Gasteiger partial charge in [0.2, 0.25) is 0 Å². The van der Waals surface area contributed by atoms with E-state index in [0.29, 0.717) is 13.1 Å². The Morgan fingerprint density at radius 1 is 1.29 bits per heavy atom. The number of piperidine rings is 1. The predicted molar refractivity (Wildman–Crippen MR) is 62.6 cm³/mol. The van der Waals surface area contributed by atoms with Crippen molar-refractivity contribution >= 4 is 12.1 Å². The topological polar surface area (TPSA) is 55.8 Å². The molecule has 1 heterocycles. The van der Waals surface area contributed by atoms with Crippen LogP contribution in [-0.2, 0) is 14.3 Å². The number of nitrogens with zero attached hydrogens (tertiary/aromatic N) is 1. The van der Waals surface area contributed by atoms with Crippen LogP contribution in [0.25, 0.3) is 0 Å². The van der Waals surface area contributed by atoms with Crippen molar-refractivity contribution in [2.24, 2.45) is 0 Å². The minimum atomic E-state index is -0.495. The predicted octanol–water partition coefficient (Wildman–Crippen LogP) is 1.95. The molecule has 5 nitrogen and oxygen atoms in total. The van der Waals surface area contributed by atoms with Crippen LogP contribution < -0.4 is 0 Å². The van der Waals surface area contributed by atoms with E-state index in [1.807, 2.05) is 20.8 Å². The van der Waals surface area contributed by atoms with E-state index in [1.54, 1.807) is 4.90 Å². The highest BCUT2D eigenvalue weighted by molar-refractivity contribution is 5.69. The fourth-order valence-electron chi connectivity index (χ4n) is 1.76. The average Bonchev–Trinajstić information content (AvgIpc) is 2.14. The first kappa shape index (κ1) is 13.8. The summed E-state index contributed by atoms with van der Waals surface area (Å²) in [5, 5.41) is 0. The van der Waals surface area contributed by atoms with Crippen LogP contribution in [0.5, 0.6) is 0 Å². The number of esters is 1.